The van der Waals surface area contributed by atoms with Gasteiger partial charge in [0.05, 0.1) is 12.2 Å². The first-order valence-corrected chi connectivity index (χ1v) is 5.63. The number of hydrogen-bond acceptors (Lipinski definition) is 2. The molecule has 0 aliphatic rings. The summed E-state index contributed by atoms with van der Waals surface area (Å²) in [5, 5.41) is 11.2. The first-order chi connectivity index (χ1) is 7.22. The number of hydrogen-bond donors (Lipinski definition) is 2. The van der Waals surface area contributed by atoms with Gasteiger partial charge in [0, 0.05) is 19.8 Å². The molecule has 0 bridgehead atoms. The van der Waals surface area contributed by atoms with Gasteiger partial charge in [-0.25, -0.2) is 0 Å². The van der Waals surface area contributed by atoms with Crippen molar-refractivity contribution < 1.29 is 0 Å². The number of aryl methyl sites for hydroxylation is 1. The minimum absolute atomic E-state index is 0.679. The molecular weight excluding hydrogens is 208 g/mol. The fourth-order valence-corrected chi connectivity index (χ4v) is 1.34. The van der Waals surface area contributed by atoms with Gasteiger partial charge in [-0.1, -0.05) is 13.3 Å². The van der Waals surface area contributed by atoms with E-state index in [1.165, 1.54) is 6.42 Å². The minimum atomic E-state index is 0.679. The van der Waals surface area contributed by atoms with E-state index in [0.29, 0.717) is 11.7 Å². The molecule has 1 rings (SSSR count). The van der Waals surface area contributed by atoms with E-state index >= 15 is 0 Å². The molecule has 0 aromatic carbocycles. The van der Waals surface area contributed by atoms with Gasteiger partial charge >= 0.3 is 0 Å². The third-order valence-corrected chi connectivity index (χ3v) is 2.30. The summed E-state index contributed by atoms with van der Waals surface area (Å²) >= 11 is 5.12. The van der Waals surface area contributed by atoms with Crippen molar-refractivity contribution in [2.75, 3.05) is 6.54 Å². The molecule has 2 N–H and O–H groups in total. The van der Waals surface area contributed by atoms with Crippen LogP contribution in [0.25, 0.3) is 0 Å². The Morgan fingerprint density at radius 2 is 2.33 bits per heavy atom. The van der Waals surface area contributed by atoms with Crippen molar-refractivity contribution in [1.29, 1.82) is 0 Å². The highest BCUT2D eigenvalue weighted by molar-refractivity contribution is 7.80. The maximum absolute atomic E-state index is 5.12. The maximum Gasteiger partial charge on any atom is 0.166 e. The zero-order chi connectivity index (χ0) is 11.1. The zero-order valence-electron chi connectivity index (χ0n) is 9.29. The third kappa shape index (κ3) is 4.78. The lowest BCUT2D eigenvalue weighted by atomic mass is 10.3. The molecule has 1 heterocycles. The predicted octanol–water partition coefficient (Wildman–Crippen LogP) is 1.18. The lowest BCUT2D eigenvalue weighted by Gasteiger charge is -2.08. The summed E-state index contributed by atoms with van der Waals surface area (Å²) in [6.45, 7) is 3.77. The second-order valence-electron chi connectivity index (χ2n) is 3.44. The molecule has 0 aliphatic heterocycles. The summed E-state index contributed by atoms with van der Waals surface area (Å²) in [5.74, 6) is 0. The van der Waals surface area contributed by atoms with Crippen molar-refractivity contribution in [3.63, 3.8) is 0 Å². The molecule has 0 aliphatic carbocycles. The van der Waals surface area contributed by atoms with Crippen LogP contribution in [0, 0.1) is 0 Å². The quantitative estimate of drug-likeness (QED) is 0.584. The van der Waals surface area contributed by atoms with Crippen LogP contribution in [0.1, 0.15) is 25.5 Å². The normalized spacial score (nSPS) is 10.0. The topological polar surface area (TPSA) is 41.9 Å². The van der Waals surface area contributed by atoms with Gasteiger partial charge in [-0.2, -0.15) is 5.10 Å². The van der Waals surface area contributed by atoms with Gasteiger partial charge < -0.3 is 10.6 Å². The molecule has 0 fully saturated rings. The standard InChI is InChI=1S/C10H18N4S/c1-3-4-6-11-10(15)12-8-9-5-7-14(2)13-9/h5,7H,3-4,6,8H2,1-2H3,(H2,11,12,15). The van der Waals surface area contributed by atoms with Crippen LogP contribution in [-0.4, -0.2) is 21.4 Å². The van der Waals surface area contributed by atoms with Crippen molar-refractivity contribution in [1.82, 2.24) is 20.4 Å². The van der Waals surface area contributed by atoms with E-state index in [1.54, 1.807) is 4.68 Å². The fourth-order valence-electron chi connectivity index (χ4n) is 1.17. The van der Waals surface area contributed by atoms with Crippen molar-refractivity contribution in [2.45, 2.75) is 26.3 Å². The average Bonchev–Trinajstić information content (AvgIpc) is 2.62. The first-order valence-electron chi connectivity index (χ1n) is 5.22. The number of aromatic nitrogens is 2. The van der Waals surface area contributed by atoms with Crippen LogP contribution in [0.5, 0.6) is 0 Å². The molecule has 0 unspecified atom stereocenters. The van der Waals surface area contributed by atoms with Gasteiger partial charge in [0.1, 0.15) is 0 Å². The zero-order valence-corrected chi connectivity index (χ0v) is 10.1. The van der Waals surface area contributed by atoms with Crippen LogP contribution >= 0.6 is 12.2 Å². The molecule has 84 valence electrons. The predicted molar refractivity (Wildman–Crippen MR) is 65.6 cm³/mol. The molecular formula is C10H18N4S. The SMILES string of the molecule is CCCCNC(=S)NCc1ccn(C)n1. The van der Waals surface area contributed by atoms with E-state index in [4.69, 9.17) is 12.2 Å². The highest BCUT2D eigenvalue weighted by atomic mass is 32.1. The van der Waals surface area contributed by atoms with E-state index < -0.39 is 0 Å². The molecule has 0 saturated carbocycles. The summed E-state index contributed by atoms with van der Waals surface area (Å²) < 4.78 is 1.78. The second kappa shape index (κ2) is 6.40. The van der Waals surface area contributed by atoms with E-state index in [0.717, 1.165) is 18.7 Å². The second-order valence-corrected chi connectivity index (χ2v) is 3.85. The Morgan fingerprint density at radius 3 is 2.93 bits per heavy atom. The highest BCUT2D eigenvalue weighted by Gasteiger charge is 1.98. The van der Waals surface area contributed by atoms with Crippen LogP contribution in [0.3, 0.4) is 0 Å². The lowest BCUT2D eigenvalue weighted by molar-refractivity contribution is 0.714. The monoisotopic (exact) mass is 226 g/mol. The Bertz CT molecular complexity index is 308. The summed E-state index contributed by atoms with van der Waals surface area (Å²) in [6, 6.07) is 1.97. The number of nitrogens with zero attached hydrogens (tertiary/aromatic N) is 2. The highest BCUT2D eigenvalue weighted by Crippen LogP contribution is 1.92. The number of rotatable bonds is 5. The van der Waals surface area contributed by atoms with Gasteiger partial charge in [0.2, 0.25) is 0 Å². The Hall–Kier alpha value is -1.10. The van der Waals surface area contributed by atoms with Gasteiger partial charge in [-0.3, -0.25) is 4.68 Å². The van der Waals surface area contributed by atoms with E-state index in [1.807, 2.05) is 19.3 Å². The van der Waals surface area contributed by atoms with Gasteiger partial charge in [-0.15, -0.1) is 0 Å². The molecule has 0 saturated heterocycles. The van der Waals surface area contributed by atoms with Gasteiger partial charge in [0.25, 0.3) is 0 Å². The number of thiocarbonyl (C=S) groups is 1. The molecule has 1 aromatic rings. The summed E-state index contributed by atoms with van der Waals surface area (Å²) in [6.07, 6.45) is 4.24. The molecule has 5 heteroatoms. The van der Waals surface area contributed by atoms with Gasteiger partial charge in [0.15, 0.2) is 5.11 Å². The molecule has 1 aromatic heterocycles. The number of unbranched alkanes of at least 4 members (excludes halogenated alkanes) is 1. The summed E-state index contributed by atoms with van der Waals surface area (Å²) in [4.78, 5) is 0. The fraction of sp³-hybridized carbons (Fsp3) is 0.600. The van der Waals surface area contributed by atoms with Crippen LogP contribution in [0.15, 0.2) is 12.3 Å². The first kappa shape index (κ1) is 12.0. The Labute approximate surface area is 96.1 Å². The van der Waals surface area contributed by atoms with Crippen molar-refractivity contribution in [3.8, 4) is 0 Å². The molecule has 15 heavy (non-hydrogen) atoms. The molecule has 0 amide bonds. The van der Waals surface area contributed by atoms with Crippen LogP contribution in [0.2, 0.25) is 0 Å². The molecule has 0 radical (unpaired) electrons. The average molecular weight is 226 g/mol. The largest absolute Gasteiger partial charge is 0.363 e. The molecule has 0 spiro atoms. The van der Waals surface area contributed by atoms with Crippen LogP contribution in [-0.2, 0) is 13.6 Å². The van der Waals surface area contributed by atoms with Crippen molar-refractivity contribution in [2.24, 2.45) is 7.05 Å². The summed E-state index contributed by atoms with van der Waals surface area (Å²) in [7, 11) is 1.90. The van der Waals surface area contributed by atoms with Crippen LogP contribution < -0.4 is 10.6 Å². The Balaban J connectivity index is 2.16. The van der Waals surface area contributed by atoms with E-state index in [-0.39, 0.29) is 0 Å². The van der Waals surface area contributed by atoms with Crippen LogP contribution in [0.4, 0.5) is 0 Å². The minimum Gasteiger partial charge on any atom is -0.363 e. The van der Waals surface area contributed by atoms with Crippen molar-refractivity contribution in [3.05, 3.63) is 18.0 Å². The maximum atomic E-state index is 5.12. The van der Waals surface area contributed by atoms with E-state index in [2.05, 4.69) is 22.7 Å². The molecule has 4 nitrogen and oxygen atoms in total. The number of nitrogens with one attached hydrogen (secondary N) is 2. The van der Waals surface area contributed by atoms with Gasteiger partial charge in [-0.05, 0) is 24.7 Å². The van der Waals surface area contributed by atoms with Crippen molar-refractivity contribution >= 4 is 17.3 Å². The summed E-state index contributed by atoms with van der Waals surface area (Å²) in [5.41, 5.74) is 0.997. The van der Waals surface area contributed by atoms with E-state index in [9.17, 15) is 0 Å². The molecule has 0 atom stereocenters. The third-order valence-electron chi connectivity index (χ3n) is 2.01. The Morgan fingerprint density at radius 1 is 1.53 bits per heavy atom. The smallest absolute Gasteiger partial charge is 0.166 e. The Kier molecular flexibility index (Phi) is 5.10. The lowest BCUT2D eigenvalue weighted by Crippen LogP contribution is -2.35.